The smallest absolute Gasteiger partial charge is 0.220 e. The fraction of sp³-hybridized carbons (Fsp3) is 0.533. The van der Waals surface area contributed by atoms with Crippen molar-refractivity contribution in [1.29, 1.82) is 0 Å². The molecule has 0 fully saturated rings. The summed E-state index contributed by atoms with van der Waals surface area (Å²) >= 11 is 0. The molecular formula is C15H24N2O2. The third-order valence-corrected chi connectivity index (χ3v) is 3.25. The van der Waals surface area contributed by atoms with Gasteiger partial charge in [-0.1, -0.05) is 19.1 Å². The molecule has 0 spiro atoms. The van der Waals surface area contributed by atoms with Crippen molar-refractivity contribution in [1.82, 2.24) is 10.6 Å². The van der Waals surface area contributed by atoms with E-state index < -0.39 is 0 Å². The Labute approximate surface area is 115 Å². The van der Waals surface area contributed by atoms with Crippen LogP contribution in [0.3, 0.4) is 0 Å². The van der Waals surface area contributed by atoms with Gasteiger partial charge in [0.25, 0.3) is 0 Å². The van der Waals surface area contributed by atoms with Gasteiger partial charge in [-0.05, 0) is 37.6 Å². The van der Waals surface area contributed by atoms with E-state index in [0.29, 0.717) is 13.0 Å². The average molecular weight is 264 g/mol. The van der Waals surface area contributed by atoms with Gasteiger partial charge < -0.3 is 15.4 Å². The highest BCUT2D eigenvalue weighted by molar-refractivity contribution is 5.76. The number of hydrogen-bond acceptors (Lipinski definition) is 3. The first-order valence-corrected chi connectivity index (χ1v) is 6.64. The van der Waals surface area contributed by atoms with Gasteiger partial charge >= 0.3 is 0 Å². The predicted octanol–water partition coefficient (Wildman–Crippen LogP) is 1.91. The minimum atomic E-state index is 0.0809. The van der Waals surface area contributed by atoms with Crippen LogP contribution in [0.25, 0.3) is 0 Å². The van der Waals surface area contributed by atoms with Crippen LogP contribution >= 0.6 is 0 Å². The van der Waals surface area contributed by atoms with Gasteiger partial charge in [-0.3, -0.25) is 4.79 Å². The molecule has 2 unspecified atom stereocenters. The molecule has 106 valence electrons. The molecule has 1 rings (SSSR count). The van der Waals surface area contributed by atoms with E-state index in [1.165, 1.54) is 0 Å². The van der Waals surface area contributed by atoms with Gasteiger partial charge in [-0.25, -0.2) is 0 Å². The predicted molar refractivity (Wildman–Crippen MR) is 77.6 cm³/mol. The lowest BCUT2D eigenvalue weighted by atomic mass is 9.97. The zero-order chi connectivity index (χ0) is 14.3. The number of amides is 1. The average Bonchev–Trinajstić information content (AvgIpc) is 2.44. The van der Waals surface area contributed by atoms with Crippen LogP contribution in [0.15, 0.2) is 24.3 Å². The van der Waals surface area contributed by atoms with E-state index in [0.717, 1.165) is 11.3 Å². The van der Waals surface area contributed by atoms with Crippen LogP contribution in [-0.2, 0) is 4.79 Å². The first kappa shape index (κ1) is 15.5. The Kier molecular flexibility index (Phi) is 6.36. The summed E-state index contributed by atoms with van der Waals surface area (Å²) in [6, 6.07) is 8.15. The van der Waals surface area contributed by atoms with Crippen molar-refractivity contribution in [2.24, 2.45) is 0 Å². The van der Waals surface area contributed by atoms with Gasteiger partial charge in [-0.15, -0.1) is 0 Å². The molecule has 19 heavy (non-hydrogen) atoms. The van der Waals surface area contributed by atoms with Crippen molar-refractivity contribution in [3.63, 3.8) is 0 Å². The maximum absolute atomic E-state index is 11.8. The van der Waals surface area contributed by atoms with E-state index in [-0.39, 0.29) is 17.9 Å². The second kappa shape index (κ2) is 7.79. The minimum absolute atomic E-state index is 0.0809. The molecule has 0 saturated carbocycles. The Bertz CT molecular complexity index is 407. The first-order chi connectivity index (χ1) is 9.06. The van der Waals surface area contributed by atoms with Crippen LogP contribution in [0.2, 0.25) is 0 Å². The van der Waals surface area contributed by atoms with Crippen LogP contribution in [0.5, 0.6) is 5.75 Å². The quantitative estimate of drug-likeness (QED) is 0.791. The highest BCUT2D eigenvalue weighted by Crippen LogP contribution is 2.22. The lowest BCUT2D eigenvalue weighted by Gasteiger charge is -2.15. The van der Waals surface area contributed by atoms with Gasteiger partial charge in [0, 0.05) is 19.0 Å². The van der Waals surface area contributed by atoms with E-state index in [9.17, 15) is 4.79 Å². The van der Waals surface area contributed by atoms with Gasteiger partial charge in [0.1, 0.15) is 5.75 Å². The standard InChI is InChI=1S/C15H24N2O2/c1-11(8-15(18)17-10-12(2)16-3)13-6-5-7-14(9-13)19-4/h5-7,9,11-12,16H,8,10H2,1-4H3,(H,17,18). The molecule has 2 N–H and O–H groups in total. The Balaban J connectivity index is 2.49. The number of carbonyl (C=O) groups is 1. The van der Waals surface area contributed by atoms with Gasteiger partial charge in [-0.2, -0.15) is 0 Å². The molecule has 0 aromatic heterocycles. The number of rotatable bonds is 7. The number of carbonyl (C=O) groups excluding carboxylic acids is 1. The van der Waals surface area contributed by atoms with E-state index in [2.05, 4.69) is 17.6 Å². The van der Waals surface area contributed by atoms with Crippen molar-refractivity contribution in [2.75, 3.05) is 20.7 Å². The summed E-state index contributed by atoms with van der Waals surface area (Å²) < 4.78 is 5.19. The first-order valence-electron chi connectivity index (χ1n) is 6.64. The molecule has 0 heterocycles. The molecule has 0 aliphatic rings. The van der Waals surface area contributed by atoms with Crippen molar-refractivity contribution in [3.8, 4) is 5.75 Å². The molecule has 0 bridgehead atoms. The van der Waals surface area contributed by atoms with E-state index in [1.807, 2.05) is 38.2 Å². The number of methoxy groups -OCH3 is 1. The molecule has 0 aliphatic carbocycles. The second-order valence-corrected chi connectivity index (χ2v) is 4.88. The van der Waals surface area contributed by atoms with E-state index in [1.54, 1.807) is 7.11 Å². The normalized spacial score (nSPS) is 13.7. The summed E-state index contributed by atoms with van der Waals surface area (Å²) in [5, 5.41) is 6.02. The molecule has 1 amide bonds. The minimum Gasteiger partial charge on any atom is -0.497 e. The zero-order valence-corrected chi connectivity index (χ0v) is 12.2. The highest BCUT2D eigenvalue weighted by Gasteiger charge is 2.12. The van der Waals surface area contributed by atoms with Gasteiger partial charge in [0.2, 0.25) is 5.91 Å². The van der Waals surface area contributed by atoms with Crippen LogP contribution < -0.4 is 15.4 Å². The van der Waals surface area contributed by atoms with Gasteiger partial charge in [0.05, 0.1) is 7.11 Å². The second-order valence-electron chi connectivity index (χ2n) is 4.88. The summed E-state index contributed by atoms with van der Waals surface area (Å²) in [5.74, 6) is 1.09. The number of likely N-dealkylation sites (N-methyl/N-ethyl adjacent to an activating group) is 1. The summed E-state index contributed by atoms with van der Waals surface area (Å²) in [5.41, 5.74) is 1.12. The summed E-state index contributed by atoms with van der Waals surface area (Å²) in [7, 11) is 3.53. The molecule has 2 atom stereocenters. The molecular weight excluding hydrogens is 240 g/mol. The molecule has 1 aromatic carbocycles. The topological polar surface area (TPSA) is 50.4 Å². The summed E-state index contributed by atoms with van der Waals surface area (Å²) in [6.45, 7) is 4.74. The summed E-state index contributed by atoms with van der Waals surface area (Å²) in [6.07, 6.45) is 0.490. The Morgan fingerprint density at radius 3 is 2.74 bits per heavy atom. The van der Waals surface area contributed by atoms with Crippen molar-refractivity contribution in [3.05, 3.63) is 29.8 Å². The molecule has 1 aromatic rings. The summed E-state index contributed by atoms with van der Waals surface area (Å²) in [4.78, 5) is 11.8. The lowest BCUT2D eigenvalue weighted by molar-refractivity contribution is -0.121. The Hall–Kier alpha value is -1.55. The number of ether oxygens (including phenoxy) is 1. The highest BCUT2D eigenvalue weighted by atomic mass is 16.5. The van der Waals surface area contributed by atoms with E-state index >= 15 is 0 Å². The maximum atomic E-state index is 11.8. The number of nitrogens with one attached hydrogen (secondary N) is 2. The zero-order valence-electron chi connectivity index (χ0n) is 12.2. The van der Waals surface area contributed by atoms with Crippen LogP contribution in [-0.4, -0.2) is 32.7 Å². The fourth-order valence-electron chi connectivity index (χ4n) is 1.79. The van der Waals surface area contributed by atoms with Crippen LogP contribution in [0, 0.1) is 0 Å². The van der Waals surface area contributed by atoms with Crippen LogP contribution in [0.4, 0.5) is 0 Å². The fourth-order valence-corrected chi connectivity index (χ4v) is 1.79. The lowest BCUT2D eigenvalue weighted by Crippen LogP contribution is -2.37. The monoisotopic (exact) mass is 264 g/mol. The SMILES string of the molecule is CNC(C)CNC(=O)CC(C)c1cccc(OC)c1. The molecule has 0 aliphatic heterocycles. The van der Waals surface area contributed by atoms with E-state index in [4.69, 9.17) is 4.74 Å². The Morgan fingerprint density at radius 2 is 2.11 bits per heavy atom. The van der Waals surface area contributed by atoms with Crippen molar-refractivity contribution in [2.45, 2.75) is 32.2 Å². The largest absolute Gasteiger partial charge is 0.497 e. The number of benzene rings is 1. The van der Waals surface area contributed by atoms with Crippen molar-refractivity contribution < 1.29 is 9.53 Å². The third kappa shape index (κ3) is 5.30. The van der Waals surface area contributed by atoms with Gasteiger partial charge in [0.15, 0.2) is 0 Å². The molecule has 4 nitrogen and oxygen atoms in total. The maximum Gasteiger partial charge on any atom is 0.220 e. The molecule has 0 saturated heterocycles. The number of hydrogen-bond donors (Lipinski definition) is 2. The van der Waals surface area contributed by atoms with Crippen molar-refractivity contribution >= 4 is 5.91 Å². The third-order valence-electron chi connectivity index (χ3n) is 3.25. The Morgan fingerprint density at radius 1 is 1.37 bits per heavy atom. The van der Waals surface area contributed by atoms with Crippen LogP contribution in [0.1, 0.15) is 31.7 Å². The molecule has 0 radical (unpaired) electrons. The molecule has 4 heteroatoms.